The maximum Gasteiger partial charge on any atom is 0.334 e. The van der Waals surface area contributed by atoms with Crippen molar-refractivity contribution in [1.29, 1.82) is 0 Å². The molecule has 4 aliphatic rings. The molecule has 0 spiro atoms. The van der Waals surface area contributed by atoms with Gasteiger partial charge in [0.15, 0.2) is 12.6 Å². The minimum Gasteiger partial charge on any atom is -0.478 e. The first-order chi connectivity index (χ1) is 16.4. The van der Waals surface area contributed by atoms with Gasteiger partial charge in [0.25, 0.3) is 0 Å². The van der Waals surface area contributed by atoms with Crippen molar-refractivity contribution in [1.82, 2.24) is 0 Å². The van der Waals surface area contributed by atoms with Crippen molar-refractivity contribution in [3.63, 3.8) is 0 Å². The molecule has 0 aromatic rings. The van der Waals surface area contributed by atoms with Crippen molar-refractivity contribution in [2.45, 2.75) is 80.4 Å². The van der Waals surface area contributed by atoms with E-state index in [1.165, 1.54) is 6.92 Å². The molecule has 12 unspecified atom stereocenters. The molecule has 12 atom stereocenters. The van der Waals surface area contributed by atoms with Crippen LogP contribution >= 0.6 is 0 Å². The number of aliphatic hydroxyl groups is 7. The van der Waals surface area contributed by atoms with Gasteiger partial charge in [-0.3, -0.25) is 0 Å². The molecule has 0 radical (unpaired) electrons. The number of hydrogen-bond donors (Lipinski definition) is 8. The molecule has 3 aliphatic heterocycles. The fourth-order valence-corrected chi connectivity index (χ4v) is 5.20. The Morgan fingerprint density at radius 3 is 2.43 bits per heavy atom. The third-order valence-electron chi connectivity index (χ3n) is 7.35. The van der Waals surface area contributed by atoms with Gasteiger partial charge in [-0.2, -0.15) is 0 Å². The van der Waals surface area contributed by atoms with Crippen molar-refractivity contribution in [3.8, 4) is 0 Å². The monoisotopic (exact) mass is 508 g/mol. The van der Waals surface area contributed by atoms with Crippen molar-refractivity contribution >= 4 is 5.97 Å². The van der Waals surface area contributed by atoms with E-state index in [0.29, 0.717) is 6.42 Å². The lowest BCUT2D eigenvalue weighted by Gasteiger charge is -2.45. The summed E-state index contributed by atoms with van der Waals surface area (Å²) in [5, 5.41) is 80.9. The summed E-state index contributed by atoms with van der Waals surface area (Å²) in [6.07, 6.45) is -10.6. The van der Waals surface area contributed by atoms with Crippen LogP contribution in [0.5, 0.6) is 0 Å². The summed E-state index contributed by atoms with van der Waals surface area (Å²) in [5.41, 5.74) is -3.42. The van der Waals surface area contributed by atoms with Crippen LogP contribution in [-0.4, -0.2) is 127 Å². The molecule has 1 saturated carbocycles. The van der Waals surface area contributed by atoms with Gasteiger partial charge in [-0.1, -0.05) is 0 Å². The van der Waals surface area contributed by atoms with E-state index in [1.54, 1.807) is 0 Å². The predicted octanol–water partition coefficient (Wildman–Crippen LogP) is -3.63. The molecule has 0 aromatic heterocycles. The molecule has 2 saturated heterocycles. The minimum absolute atomic E-state index is 0.0283. The Morgan fingerprint density at radius 2 is 1.83 bits per heavy atom. The van der Waals surface area contributed by atoms with E-state index >= 15 is 0 Å². The molecule has 0 bridgehead atoms. The summed E-state index contributed by atoms with van der Waals surface area (Å²) in [4.78, 5) is 11.6. The molecule has 0 amide bonds. The van der Waals surface area contributed by atoms with E-state index in [9.17, 15) is 45.6 Å². The lowest BCUT2D eigenvalue weighted by Crippen LogP contribution is -2.62. The summed E-state index contributed by atoms with van der Waals surface area (Å²) in [7, 11) is 0. The Bertz CT molecular complexity index is 818. The van der Waals surface area contributed by atoms with Gasteiger partial charge in [-0.05, 0) is 19.8 Å². The molecule has 4 rings (SSSR count). The second-order valence-electron chi connectivity index (χ2n) is 9.74. The summed E-state index contributed by atoms with van der Waals surface area (Å²) < 4.78 is 27.8. The van der Waals surface area contributed by atoms with Crippen LogP contribution in [0.4, 0.5) is 0 Å². The van der Waals surface area contributed by atoms with Gasteiger partial charge in [-0.15, -0.1) is 0 Å². The van der Waals surface area contributed by atoms with Crippen LogP contribution in [0.1, 0.15) is 19.8 Å². The predicted molar refractivity (Wildman–Crippen MR) is 109 cm³/mol. The van der Waals surface area contributed by atoms with E-state index in [0.717, 1.165) is 6.26 Å². The van der Waals surface area contributed by atoms with Gasteiger partial charge in [0.1, 0.15) is 36.1 Å². The van der Waals surface area contributed by atoms with Crippen molar-refractivity contribution < 1.29 is 69.3 Å². The number of fused-ring (bicyclic) bond motifs is 1. The molecule has 200 valence electrons. The number of aliphatic carboxylic acids is 1. The second kappa shape index (κ2) is 9.79. The smallest absolute Gasteiger partial charge is 0.334 e. The number of carboxylic acids is 1. The summed E-state index contributed by atoms with van der Waals surface area (Å²) >= 11 is 0. The highest BCUT2D eigenvalue weighted by atomic mass is 16.8. The van der Waals surface area contributed by atoms with E-state index < -0.39 is 98.2 Å². The third kappa shape index (κ3) is 4.69. The zero-order valence-electron chi connectivity index (χ0n) is 18.9. The molecule has 0 aromatic carbocycles. The first kappa shape index (κ1) is 26.6. The highest BCUT2D eigenvalue weighted by molar-refractivity contribution is 5.87. The summed E-state index contributed by atoms with van der Waals surface area (Å²) in [6, 6.07) is 0. The van der Waals surface area contributed by atoms with Gasteiger partial charge in [-0.25, -0.2) is 4.79 Å². The quantitative estimate of drug-likeness (QED) is 0.166. The zero-order valence-corrected chi connectivity index (χ0v) is 18.9. The number of hydrogen-bond acceptors (Lipinski definition) is 13. The number of carbonyl (C=O) groups is 1. The Morgan fingerprint density at radius 1 is 1.11 bits per heavy atom. The van der Waals surface area contributed by atoms with Crippen LogP contribution in [0.25, 0.3) is 0 Å². The number of carboxylic acid groups (broad SMARTS) is 1. The number of ether oxygens (including phenoxy) is 5. The molecule has 35 heavy (non-hydrogen) atoms. The Balaban J connectivity index is 1.58. The third-order valence-corrected chi connectivity index (χ3v) is 7.35. The van der Waals surface area contributed by atoms with Gasteiger partial charge in [0.2, 0.25) is 6.29 Å². The van der Waals surface area contributed by atoms with E-state index in [2.05, 4.69) is 0 Å². The maximum absolute atomic E-state index is 11.6. The van der Waals surface area contributed by atoms with Crippen LogP contribution < -0.4 is 0 Å². The molecule has 3 heterocycles. The molecular formula is C21H32O14. The highest BCUT2D eigenvalue weighted by Crippen LogP contribution is 2.49. The van der Waals surface area contributed by atoms with E-state index in [-0.39, 0.29) is 12.0 Å². The highest BCUT2D eigenvalue weighted by Gasteiger charge is 2.57. The van der Waals surface area contributed by atoms with Crippen LogP contribution in [0.15, 0.2) is 11.8 Å². The molecule has 3 fully saturated rings. The fourth-order valence-electron chi connectivity index (χ4n) is 5.20. The Labute approximate surface area is 199 Å². The average molecular weight is 508 g/mol. The van der Waals surface area contributed by atoms with E-state index in [1.807, 2.05) is 0 Å². The topological polar surface area (TPSA) is 225 Å². The minimum atomic E-state index is -2.02. The second-order valence-corrected chi connectivity index (χ2v) is 9.74. The molecule has 1 aliphatic carbocycles. The van der Waals surface area contributed by atoms with Gasteiger partial charge >= 0.3 is 5.97 Å². The molecule has 14 nitrogen and oxygen atoms in total. The van der Waals surface area contributed by atoms with Gasteiger partial charge in [0, 0.05) is 5.92 Å². The largest absolute Gasteiger partial charge is 0.478 e. The van der Waals surface area contributed by atoms with Gasteiger partial charge in [0.05, 0.1) is 43.2 Å². The summed E-state index contributed by atoms with van der Waals surface area (Å²) in [6.45, 7) is -0.492. The fraction of sp³-hybridized carbons (Fsp3) is 0.857. The normalized spacial score (nSPS) is 49.9. The van der Waals surface area contributed by atoms with Crippen molar-refractivity contribution in [2.24, 2.45) is 11.8 Å². The van der Waals surface area contributed by atoms with Crippen molar-refractivity contribution in [2.75, 3.05) is 19.8 Å². The first-order valence-corrected chi connectivity index (χ1v) is 11.3. The number of aliphatic hydroxyl groups excluding tert-OH is 5. The first-order valence-electron chi connectivity index (χ1n) is 11.3. The average Bonchev–Trinajstić information content (AvgIpc) is 3.29. The standard InChI is InChI=1S/C21H32O14/c1-20(29)3-2-8-9(16(27)28)5-31-17(11(8)20)35-18-14(13(25)12(24)10(4-22)33-18)34-19-15(26)21(30,6-23)7-32-19/h5,8,10-15,17-19,22-26,29-30H,2-4,6-7H2,1H3,(H,27,28). The molecule has 8 N–H and O–H groups in total. The SMILES string of the molecule is CC1(O)CCC2C(C(=O)O)=COC(OC3OC(CO)C(O)C(O)C3OC3OCC(O)(CO)C3O)C21. The van der Waals surface area contributed by atoms with Crippen molar-refractivity contribution in [3.05, 3.63) is 11.8 Å². The van der Waals surface area contributed by atoms with E-state index in [4.69, 9.17) is 23.7 Å². The number of rotatable bonds is 7. The van der Waals surface area contributed by atoms with Crippen LogP contribution in [0.2, 0.25) is 0 Å². The van der Waals surface area contributed by atoms with Gasteiger partial charge < -0.3 is 64.5 Å². The lowest BCUT2D eigenvalue weighted by atomic mass is 9.81. The summed E-state index contributed by atoms with van der Waals surface area (Å²) in [5.74, 6) is -2.64. The lowest BCUT2D eigenvalue weighted by molar-refractivity contribution is -0.368. The molecule has 14 heteroatoms. The Kier molecular flexibility index (Phi) is 7.45. The molecular weight excluding hydrogens is 476 g/mol. The maximum atomic E-state index is 11.6. The van der Waals surface area contributed by atoms with Crippen LogP contribution in [0.3, 0.4) is 0 Å². The van der Waals surface area contributed by atoms with Crippen LogP contribution in [-0.2, 0) is 28.5 Å². The van der Waals surface area contributed by atoms with Crippen LogP contribution in [0, 0.1) is 11.8 Å². The Hall–Kier alpha value is -1.43. The zero-order chi connectivity index (χ0) is 25.7.